The molecule has 0 bridgehead atoms. The summed E-state index contributed by atoms with van der Waals surface area (Å²) in [5.41, 5.74) is 1.57. The summed E-state index contributed by atoms with van der Waals surface area (Å²) < 4.78 is 28.5. The van der Waals surface area contributed by atoms with Crippen molar-refractivity contribution >= 4 is 0 Å². The molecular formula is C19H20O6. The molecule has 1 N–H and O–H groups in total. The van der Waals surface area contributed by atoms with Gasteiger partial charge in [0.1, 0.15) is 5.75 Å². The second-order valence-corrected chi connectivity index (χ2v) is 6.08. The van der Waals surface area contributed by atoms with E-state index in [0.717, 1.165) is 5.56 Å². The standard InChI is InChI=1S/C19H20O6/c1-21-12-7-8-14(23-3)17-15(12)18(20)19(25-17)10-9-11-5-4-6-13(22-2)16(11)24-19/h4-8,18,20H,9-10H2,1-3H3/t18-,19-/m1/s1. The Kier molecular flexibility index (Phi) is 3.65. The second kappa shape index (κ2) is 5.74. The summed E-state index contributed by atoms with van der Waals surface area (Å²) in [6.45, 7) is 0. The predicted octanol–water partition coefficient (Wildman–Crippen LogP) is 2.86. The molecule has 2 atom stereocenters. The van der Waals surface area contributed by atoms with Gasteiger partial charge in [0.25, 0.3) is 5.79 Å². The van der Waals surface area contributed by atoms with Gasteiger partial charge in [0.2, 0.25) is 0 Å². The second-order valence-electron chi connectivity index (χ2n) is 6.08. The molecule has 0 aromatic heterocycles. The number of methoxy groups -OCH3 is 3. The normalized spacial score (nSPS) is 23.3. The van der Waals surface area contributed by atoms with E-state index < -0.39 is 11.9 Å². The van der Waals surface area contributed by atoms with Crippen molar-refractivity contribution in [1.82, 2.24) is 0 Å². The van der Waals surface area contributed by atoms with E-state index in [0.29, 0.717) is 47.2 Å². The summed E-state index contributed by atoms with van der Waals surface area (Å²) in [5.74, 6) is 1.50. The molecule has 2 aromatic carbocycles. The van der Waals surface area contributed by atoms with Crippen LogP contribution in [0.4, 0.5) is 0 Å². The fourth-order valence-corrected chi connectivity index (χ4v) is 3.54. The molecule has 2 heterocycles. The number of aliphatic hydroxyl groups excluding tert-OH is 1. The zero-order valence-electron chi connectivity index (χ0n) is 14.4. The lowest BCUT2D eigenvalue weighted by molar-refractivity contribution is -0.180. The van der Waals surface area contributed by atoms with Gasteiger partial charge >= 0.3 is 0 Å². The van der Waals surface area contributed by atoms with Crippen LogP contribution in [0.3, 0.4) is 0 Å². The lowest BCUT2D eigenvalue weighted by atomic mass is 9.93. The number of aliphatic hydroxyl groups is 1. The van der Waals surface area contributed by atoms with Crippen molar-refractivity contribution < 1.29 is 28.8 Å². The van der Waals surface area contributed by atoms with E-state index in [4.69, 9.17) is 23.7 Å². The highest BCUT2D eigenvalue weighted by molar-refractivity contribution is 5.59. The van der Waals surface area contributed by atoms with Crippen LogP contribution in [0.1, 0.15) is 23.7 Å². The SMILES string of the molecule is COc1cccc2c1O[C@]1(CC2)Oc2c(OC)ccc(OC)c2[C@H]1O. The first-order valence-corrected chi connectivity index (χ1v) is 8.10. The minimum atomic E-state index is -1.23. The van der Waals surface area contributed by atoms with Gasteiger partial charge in [-0.05, 0) is 30.2 Å². The Morgan fingerprint density at radius 2 is 1.56 bits per heavy atom. The third-order valence-corrected chi connectivity index (χ3v) is 4.82. The number of hydrogen-bond donors (Lipinski definition) is 1. The van der Waals surface area contributed by atoms with Gasteiger partial charge in [-0.1, -0.05) is 12.1 Å². The molecule has 2 aliphatic heterocycles. The van der Waals surface area contributed by atoms with Crippen molar-refractivity contribution in [2.24, 2.45) is 0 Å². The van der Waals surface area contributed by atoms with Crippen molar-refractivity contribution in [1.29, 1.82) is 0 Å². The van der Waals surface area contributed by atoms with Crippen LogP contribution >= 0.6 is 0 Å². The molecule has 132 valence electrons. The molecular weight excluding hydrogens is 324 g/mol. The number of rotatable bonds is 3. The Hall–Kier alpha value is -2.60. The molecule has 25 heavy (non-hydrogen) atoms. The monoisotopic (exact) mass is 344 g/mol. The van der Waals surface area contributed by atoms with Gasteiger partial charge in [0.05, 0.1) is 26.9 Å². The van der Waals surface area contributed by atoms with E-state index in [-0.39, 0.29) is 0 Å². The Balaban J connectivity index is 1.80. The average molecular weight is 344 g/mol. The molecule has 1 spiro atoms. The molecule has 0 saturated carbocycles. The third kappa shape index (κ3) is 2.21. The first-order valence-electron chi connectivity index (χ1n) is 8.10. The molecule has 4 rings (SSSR count). The Morgan fingerprint density at radius 3 is 2.28 bits per heavy atom. The fraction of sp³-hybridized carbons (Fsp3) is 0.368. The number of aryl methyl sites for hydroxylation is 1. The summed E-state index contributed by atoms with van der Waals surface area (Å²) in [6, 6.07) is 9.24. The molecule has 6 heteroatoms. The maximum Gasteiger partial charge on any atom is 0.282 e. The number of hydrogen-bond acceptors (Lipinski definition) is 6. The minimum Gasteiger partial charge on any atom is -0.496 e. The van der Waals surface area contributed by atoms with E-state index in [1.165, 1.54) is 0 Å². The lowest BCUT2D eigenvalue weighted by Crippen LogP contribution is -2.47. The van der Waals surface area contributed by atoms with Gasteiger partial charge in [-0.15, -0.1) is 0 Å². The van der Waals surface area contributed by atoms with Crippen LogP contribution < -0.4 is 23.7 Å². The van der Waals surface area contributed by atoms with Crippen LogP contribution in [0.5, 0.6) is 28.7 Å². The number of ether oxygens (including phenoxy) is 5. The highest BCUT2D eigenvalue weighted by Crippen LogP contribution is 2.56. The average Bonchev–Trinajstić information content (AvgIpc) is 2.93. The smallest absolute Gasteiger partial charge is 0.282 e. The van der Waals surface area contributed by atoms with E-state index in [1.54, 1.807) is 33.5 Å². The maximum absolute atomic E-state index is 11.1. The summed E-state index contributed by atoms with van der Waals surface area (Å²) in [6.07, 6.45) is 0.183. The largest absolute Gasteiger partial charge is 0.496 e. The maximum atomic E-state index is 11.1. The van der Waals surface area contributed by atoms with E-state index in [2.05, 4.69) is 0 Å². The van der Waals surface area contributed by atoms with Crippen molar-refractivity contribution in [3.8, 4) is 28.7 Å². The van der Waals surface area contributed by atoms with E-state index >= 15 is 0 Å². The molecule has 6 nitrogen and oxygen atoms in total. The molecule has 0 amide bonds. The van der Waals surface area contributed by atoms with E-state index in [1.807, 2.05) is 18.2 Å². The van der Waals surface area contributed by atoms with Crippen LogP contribution in [0.25, 0.3) is 0 Å². The van der Waals surface area contributed by atoms with Crippen LogP contribution in [-0.2, 0) is 6.42 Å². The molecule has 2 aliphatic rings. The number of fused-ring (bicyclic) bond motifs is 2. The zero-order chi connectivity index (χ0) is 17.6. The van der Waals surface area contributed by atoms with E-state index in [9.17, 15) is 5.11 Å². The van der Waals surface area contributed by atoms with Gasteiger partial charge < -0.3 is 28.8 Å². The van der Waals surface area contributed by atoms with Crippen LogP contribution in [0, 0.1) is 0 Å². The summed E-state index contributed by atoms with van der Waals surface area (Å²) in [4.78, 5) is 0. The molecule has 0 saturated heterocycles. The predicted molar refractivity (Wildman–Crippen MR) is 89.8 cm³/mol. The molecule has 2 aromatic rings. The summed E-state index contributed by atoms with van der Waals surface area (Å²) in [7, 11) is 4.70. The van der Waals surface area contributed by atoms with Gasteiger partial charge in [-0.25, -0.2) is 0 Å². The molecule has 0 radical (unpaired) electrons. The number of benzene rings is 2. The Bertz CT molecular complexity index is 804. The van der Waals surface area contributed by atoms with Crippen LogP contribution in [0.2, 0.25) is 0 Å². The first kappa shape index (κ1) is 15.9. The summed E-state index contributed by atoms with van der Waals surface area (Å²) >= 11 is 0. The highest BCUT2D eigenvalue weighted by Gasteiger charge is 2.55. The number of para-hydroxylation sites is 1. The molecule has 0 aliphatic carbocycles. The lowest BCUT2D eigenvalue weighted by Gasteiger charge is -2.37. The van der Waals surface area contributed by atoms with Crippen molar-refractivity contribution in [2.75, 3.05) is 21.3 Å². The van der Waals surface area contributed by atoms with Crippen molar-refractivity contribution in [3.05, 3.63) is 41.5 Å². The summed E-state index contributed by atoms with van der Waals surface area (Å²) in [5, 5.41) is 11.1. The fourth-order valence-electron chi connectivity index (χ4n) is 3.54. The van der Waals surface area contributed by atoms with Gasteiger partial charge in [0.15, 0.2) is 29.1 Å². The van der Waals surface area contributed by atoms with Gasteiger partial charge in [-0.2, -0.15) is 0 Å². The Labute approximate surface area is 145 Å². The topological polar surface area (TPSA) is 66.4 Å². The quantitative estimate of drug-likeness (QED) is 0.924. The molecule has 0 unspecified atom stereocenters. The molecule has 0 fully saturated rings. The van der Waals surface area contributed by atoms with Gasteiger partial charge in [0, 0.05) is 6.42 Å². The Morgan fingerprint density at radius 1 is 0.920 bits per heavy atom. The van der Waals surface area contributed by atoms with Gasteiger partial charge in [-0.3, -0.25) is 0 Å². The first-order chi connectivity index (χ1) is 12.1. The highest BCUT2D eigenvalue weighted by atomic mass is 16.7. The minimum absolute atomic E-state index is 0.452. The third-order valence-electron chi connectivity index (χ3n) is 4.82. The van der Waals surface area contributed by atoms with Crippen LogP contribution in [0.15, 0.2) is 30.3 Å². The van der Waals surface area contributed by atoms with Crippen molar-refractivity contribution in [2.45, 2.75) is 24.7 Å². The van der Waals surface area contributed by atoms with Crippen LogP contribution in [-0.4, -0.2) is 32.2 Å². The van der Waals surface area contributed by atoms with Crippen molar-refractivity contribution in [3.63, 3.8) is 0 Å². The zero-order valence-corrected chi connectivity index (χ0v) is 14.4.